The molecule has 1 aliphatic rings. The molecule has 100 valence electrons. The Bertz CT molecular complexity index is 575. The number of carbonyl (C=O) groups is 1. The number of nitrogens with zero attached hydrogens (tertiary/aromatic N) is 1. The van der Waals surface area contributed by atoms with Crippen molar-refractivity contribution < 1.29 is 18.9 Å². The van der Waals surface area contributed by atoms with Crippen molar-refractivity contribution in [1.29, 1.82) is 0 Å². The fourth-order valence-electron chi connectivity index (χ4n) is 2.01. The van der Waals surface area contributed by atoms with Gasteiger partial charge >= 0.3 is 0 Å². The van der Waals surface area contributed by atoms with E-state index in [1.165, 1.54) is 0 Å². The number of benzene rings is 1. The Kier molecular flexibility index (Phi) is 3.43. The second-order valence-corrected chi connectivity index (χ2v) is 4.43. The minimum atomic E-state index is -0.244. The van der Waals surface area contributed by atoms with Crippen molar-refractivity contribution in [3.63, 3.8) is 0 Å². The van der Waals surface area contributed by atoms with Gasteiger partial charge in [0, 0.05) is 18.4 Å². The van der Waals surface area contributed by atoms with E-state index >= 15 is 0 Å². The molecule has 0 radical (unpaired) electrons. The molecule has 1 unspecified atom stereocenters. The number of aromatic nitrogens is 1. The molecule has 0 spiro atoms. The molecule has 1 atom stereocenters. The summed E-state index contributed by atoms with van der Waals surface area (Å²) in [6.45, 7) is 1.20. The third-order valence-corrected chi connectivity index (χ3v) is 3.01. The Balaban J connectivity index is 1.59. The van der Waals surface area contributed by atoms with Gasteiger partial charge in [0.05, 0.1) is 13.0 Å². The van der Waals surface area contributed by atoms with Gasteiger partial charge in [-0.05, 0) is 12.1 Å². The van der Waals surface area contributed by atoms with E-state index in [2.05, 4.69) is 10.6 Å². The topological polar surface area (TPSA) is 73.6 Å². The van der Waals surface area contributed by atoms with E-state index in [9.17, 15) is 4.79 Å². The first-order chi connectivity index (χ1) is 9.33. The molecular formula is C13H14N2O4. The third kappa shape index (κ3) is 2.74. The van der Waals surface area contributed by atoms with Crippen LogP contribution in [0.25, 0.3) is 11.0 Å². The molecule has 3 rings (SSSR count). The minimum Gasteiger partial charge on any atom is -0.379 e. The van der Waals surface area contributed by atoms with Crippen LogP contribution in [-0.2, 0) is 20.8 Å². The van der Waals surface area contributed by atoms with Gasteiger partial charge in [0.2, 0.25) is 5.91 Å². The van der Waals surface area contributed by atoms with Gasteiger partial charge in [-0.3, -0.25) is 9.63 Å². The average molecular weight is 262 g/mol. The number of nitrogens with one attached hydrogen (secondary N) is 1. The van der Waals surface area contributed by atoms with Gasteiger partial charge in [0.1, 0.15) is 11.8 Å². The molecule has 19 heavy (non-hydrogen) atoms. The molecule has 1 saturated heterocycles. The Hall–Kier alpha value is -1.92. The fourth-order valence-corrected chi connectivity index (χ4v) is 2.01. The molecular weight excluding hydrogens is 248 g/mol. The molecule has 1 amide bonds. The highest BCUT2D eigenvalue weighted by molar-refractivity contribution is 5.85. The molecule has 0 aliphatic carbocycles. The van der Waals surface area contributed by atoms with Crippen molar-refractivity contribution in [2.45, 2.75) is 18.9 Å². The summed E-state index contributed by atoms with van der Waals surface area (Å²) in [5.74, 6) is -0.244. The van der Waals surface area contributed by atoms with E-state index in [1.807, 2.05) is 24.3 Å². The summed E-state index contributed by atoms with van der Waals surface area (Å²) in [7, 11) is 0. The van der Waals surface area contributed by atoms with Gasteiger partial charge in [-0.2, -0.15) is 0 Å². The highest BCUT2D eigenvalue weighted by Gasteiger charge is 2.18. The van der Waals surface area contributed by atoms with E-state index in [0.717, 1.165) is 11.8 Å². The zero-order valence-corrected chi connectivity index (χ0v) is 10.3. The quantitative estimate of drug-likeness (QED) is 0.838. The molecule has 6 nitrogen and oxygen atoms in total. The van der Waals surface area contributed by atoms with Crippen molar-refractivity contribution in [3.8, 4) is 0 Å². The highest BCUT2D eigenvalue weighted by atomic mass is 16.7. The number of para-hydroxylation sites is 1. The van der Waals surface area contributed by atoms with Crippen LogP contribution in [-0.4, -0.2) is 30.4 Å². The lowest BCUT2D eigenvalue weighted by Crippen LogP contribution is -2.31. The van der Waals surface area contributed by atoms with Crippen LogP contribution in [0.15, 0.2) is 28.8 Å². The highest BCUT2D eigenvalue weighted by Crippen LogP contribution is 2.18. The van der Waals surface area contributed by atoms with E-state index in [-0.39, 0.29) is 18.4 Å². The number of carbonyl (C=O) groups excluding carboxylic acids is 1. The Morgan fingerprint density at radius 3 is 3.21 bits per heavy atom. The van der Waals surface area contributed by atoms with Crippen LogP contribution in [0.3, 0.4) is 0 Å². The first-order valence-electron chi connectivity index (χ1n) is 6.18. The smallest absolute Gasteiger partial charge is 0.249 e. The summed E-state index contributed by atoms with van der Waals surface area (Å²) >= 11 is 0. The van der Waals surface area contributed by atoms with E-state index in [4.69, 9.17) is 14.1 Å². The summed E-state index contributed by atoms with van der Waals surface area (Å²) in [5, 5.41) is 4.75. The summed E-state index contributed by atoms with van der Waals surface area (Å²) in [6.07, 6.45) is 0.871. The number of hydrogen-bond donors (Lipinski definition) is 1. The normalized spacial score (nSPS) is 18.8. The summed E-state index contributed by atoms with van der Waals surface area (Å²) in [6, 6.07) is 7.43. The van der Waals surface area contributed by atoms with Crippen LogP contribution in [0.1, 0.15) is 12.1 Å². The van der Waals surface area contributed by atoms with Crippen molar-refractivity contribution in [2.75, 3.05) is 13.2 Å². The third-order valence-electron chi connectivity index (χ3n) is 3.01. The van der Waals surface area contributed by atoms with Gasteiger partial charge in [-0.1, -0.05) is 17.3 Å². The molecule has 6 heteroatoms. The zero-order chi connectivity index (χ0) is 13.1. The number of fused-ring (bicyclic) bond motifs is 1. The Morgan fingerprint density at radius 1 is 1.47 bits per heavy atom. The van der Waals surface area contributed by atoms with Crippen molar-refractivity contribution >= 4 is 16.9 Å². The molecule has 2 aromatic rings. The number of hydroxylamine groups is 1. The minimum absolute atomic E-state index is 0.0574. The number of hydrogen-bond acceptors (Lipinski definition) is 5. The fraction of sp³-hybridized carbons (Fsp3) is 0.385. The van der Waals surface area contributed by atoms with Gasteiger partial charge in [-0.25, -0.2) is 5.48 Å². The lowest BCUT2D eigenvalue weighted by molar-refractivity contribution is -0.137. The van der Waals surface area contributed by atoms with Crippen molar-refractivity contribution in [1.82, 2.24) is 10.6 Å². The second kappa shape index (κ2) is 5.38. The predicted octanol–water partition coefficient (Wildman–Crippen LogP) is 1.21. The molecule has 1 fully saturated rings. The van der Waals surface area contributed by atoms with E-state index in [0.29, 0.717) is 24.5 Å². The summed E-state index contributed by atoms with van der Waals surface area (Å²) in [5.41, 5.74) is 3.71. The summed E-state index contributed by atoms with van der Waals surface area (Å²) < 4.78 is 10.3. The predicted molar refractivity (Wildman–Crippen MR) is 66.2 cm³/mol. The van der Waals surface area contributed by atoms with Gasteiger partial charge in [-0.15, -0.1) is 0 Å². The first kappa shape index (κ1) is 12.1. The SMILES string of the molecule is O=C(Cc1noc2ccccc12)NOC1CCOC1. The number of rotatable bonds is 4. The lowest BCUT2D eigenvalue weighted by atomic mass is 10.2. The maximum absolute atomic E-state index is 11.8. The molecule has 0 saturated carbocycles. The van der Waals surface area contributed by atoms with Crippen LogP contribution < -0.4 is 5.48 Å². The van der Waals surface area contributed by atoms with Crippen LogP contribution in [0.4, 0.5) is 0 Å². The van der Waals surface area contributed by atoms with Gasteiger partial charge in [0.15, 0.2) is 5.58 Å². The van der Waals surface area contributed by atoms with Crippen LogP contribution >= 0.6 is 0 Å². The largest absolute Gasteiger partial charge is 0.379 e. The van der Waals surface area contributed by atoms with Gasteiger partial charge < -0.3 is 9.26 Å². The lowest BCUT2D eigenvalue weighted by Gasteiger charge is -2.09. The monoisotopic (exact) mass is 262 g/mol. The van der Waals surface area contributed by atoms with Crippen LogP contribution in [0, 0.1) is 0 Å². The van der Waals surface area contributed by atoms with Crippen LogP contribution in [0.2, 0.25) is 0 Å². The standard InChI is InChI=1S/C13H14N2O4/c16-13(15-18-9-5-6-17-8-9)7-11-10-3-1-2-4-12(10)19-14-11/h1-4,9H,5-8H2,(H,15,16). The van der Waals surface area contributed by atoms with E-state index in [1.54, 1.807) is 0 Å². The number of amides is 1. The number of ether oxygens (including phenoxy) is 1. The molecule has 2 heterocycles. The molecule has 1 aromatic carbocycles. The maximum atomic E-state index is 11.8. The molecule has 1 aliphatic heterocycles. The zero-order valence-electron chi connectivity index (χ0n) is 10.3. The maximum Gasteiger partial charge on any atom is 0.249 e. The van der Waals surface area contributed by atoms with Crippen molar-refractivity contribution in [3.05, 3.63) is 30.0 Å². The van der Waals surface area contributed by atoms with Gasteiger partial charge in [0.25, 0.3) is 0 Å². The molecule has 0 bridgehead atoms. The first-order valence-corrected chi connectivity index (χ1v) is 6.18. The molecule has 1 aromatic heterocycles. The second-order valence-electron chi connectivity index (χ2n) is 4.43. The van der Waals surface area contributed by atoms with Crippen molar-refractivity contribution in [2.24, 2.45) is 0 Å². The van der Waals surface area contributed by atoms with E-state index < -0.39 is 0 Å². The Labute approximate surface area is 109 Å². The summed E-state index contributed by atoms with van der Waals surface area (Å²) in [4.78, 5) is 17.0. The Morgan fingerprint density at radius 2 is 2.37 bits per heavy atom. The van der Waals surface area contributed by atoms with Crippen LogP contribution in [0.5, 0.6) is 0 Å². The molecule has 1 N–H and O–H groups in total. The average Bonchev–Trinajstić information content (AvgIpc) is 3.07.